The van der Waals surface area contributed by atoms with E-state index in [0.29, 0.717) is 16.4 Å². The molecule has 0 amide bonds. The molecule has 0 bridgehead atoms. The number of rotatable bonds is 4. The minimum absolute atomic E-state index is 0.237. The van der Waals surface area contributed by atoms with E-state index in [1.54, 1.807) is 12.1 Å². The van der Waals surface area contributed by atoms with Crippen molar-refractivity contribution >= 4 is 9.84 Å². The Morgan fingerprint density at radius 3 is 2.33 bits per heavy atom. The van der Waals surface area contributed by atoms with Gasteiger partial charge < -0.3 is 5.32 Å². The molecule has 2 atom stereocenters. The summed E-state index contributed by atoms with van der Waals surface area (Å²) in [6.45, 7) is 6.83. The predicted octanol–water partition coefficient (Wildman–Crippen LogP) is 3.71. The zero-order chi connectivity index (χ0) is 15.7. The van der Waals surface area contributed by atoms with Crippen LogP contribution in [0.2, 0.25) is 0 Å². The van der Waals surface area contributed by atoms with Crippen molar-refractivity contribution in [1.82, 2.24) is 5.32 Å². The number of hydrogen-bond donors (Lipinski definition) is 1. The van der Waals surface area contributed by atoms with Crippen molar-refractivity contribution in [2.24, 2.45) is 5.41 Å². The van der Waals surface area contributed by atoms with Crippen LogP contribution in [0.4, 0.5) is 0 Å². The lowest BCUT2D eigenvalue weighted by molar-refractivity contribution is 0.157. The van der Waals surface area contributed by atoms with Crippen LogP contribution in [0.3, 0.4) is 0 Å². The molecule has 4 heteroatoms. The van der Waals surface area contributed by atoms with Crippen LogP contribution in [-0.2, 0) is 9.84 Å². The fourth-order valence-corrected chi connectivity index (χ4v) is 3.84. The van der Waals surface area contributed by atoms with Gasteiger partial charge in [-0.1, -0.05) is 38.8 Å². The summed E-state index contributed by atoms with van der Waals surface area (Å²) in [5, 5.41) is 3.73. The monoisotopic (exact) mass is 309 g/mol. The largest absolute Gasteiger partial charge is 0.307 e. The molecule has 1 aliphatic carbocycles. The molecule has 1 aromatic carbocycles. The van der Waals surface area contributed by atoms with Crippen molar-refractivity contribution in [3.05, 3.63) is 29.8 Å². The number of nitrogens with one attached hydrogen (secondary N) is 1. The van der Waals surface area contributed by atoms with Gasteiger partial charge in [-0.15, -0.1) is 0 Å². The zero-order valence-corrected chi connectivity index (χ0v) is 14.3. The van der Waals surface area contributed by atoms with E-state index in [1.807, 2.05) is 12.1 Å². The first-order valence-corrected chi connectivity index (χ1v) is 9.65. The average molecular weight is 309 g/mol. The van der Waals surface area contributed by atoms with Gasteiger partial charge in [0.1, 0.15) is 0 Å². The van der Waals surface area contributed by atoms with Gasteiger partial charge in [-0.3, -0.25) is 0 Å². The van der Waals surface area contributed by atoms with E-state index in [9.17, 15) is 8.42 Å². The summed E-state index contributed by atoms with van der Waals surface area (Å²) in [4.78, 5) is 0.386. The van der Waals surface area contributed by atoms with Crippen molar-refractivity contribution in [2.75, 3.05) is 6.26 Å². The van der Waals surface area contributed by atoms with Gasteiger partial charge >= 0.3 is 0 Å². The molecule has 0 spiro atoms. The number of hydrogen-bond acceptors (Lipinski definition) is 3. The van der Waals surface area contributed by atoms with Crippen LogP contribution < -0.4 is 5.32 Å². The molecular formula is C17H27NO2S. The molecule has 0 saturated heterocycles. The third-order valence-corrected chi connectivity index (χ3v) is 5.90. The standard InChI is InChI=1S/C17H27NO2S/c1-13(18-16-7-5-6-12-17(16,2)3)14-8-10-15(11-9-14)21(4,19)20/h8-11,13,16,18H,5-7,12H2,1-4H3. The summed E-state index contributed by atoms with van der Waals surface area (Å²) in [7, 11) is -3.11. The smallest absolute Gasteiger partial charge is 0.175 e. The van der Waals surface area contributed by atoms with Crippen LogP contribution in [0.5, 0.6) is 0 Å². The highest BCUT2D eigenvalue weighted by molar-refractivity contribution is 7.90. The molecule has 0 radical (unpaired) electrons. The van der Waals surface area contributed by atoms with Gasteiger partial charge in [0.25, 0.3) is 0 Å². The predicted molar refractivity (Wildman–Crippen MR) is 87.1 cm³/mol. The second-order valence-electron chi connectivity index (χ2n) is 7.02. The van der Waals surface area contributed by atoms with Gasteiger partial charge in [-0.05, 0) is 42.9 Å². The first kappa shape index (κ1) is 16.5. The Kier molecular flexibility index (Phi) is 4.79. The first-order chi connectivity index (χ1) is 9.70. The van der Waals surface area contributed by atoms with Gasteiger partial charge in [0.05, 0.1) is 4.90 Å². The summed E-state index contributed by atoms with van der Waals surface area (Å²) in [5.74, 6) is 0. The van der Waals surface area contributed by atoms with E-state index < -0.39 is 9.84 Å². The molecule has 3 nitrogen and oxygen atoms in total. The molecule has 2 unspecified atom stereocenters. The van der Waals surface area contributed by atoms with E-state index in [1.165, 1.54) is 31.9 Å². The molecule has 118 valence electrons. The maximum Gasteiger partial charge on any atom is 0.175 e. The molecule has 1 fully saturated rings. The molecular weight excluding hydrogens is 282 g/mol. The summed E-state index contributed by atoms with van der Waals surface area (Å²) < 4.78 is 23.0. The van der Waals surface area contributed by atoms with E-state index in [2.05, 4.69) is 26.1 Å². The molecule has 1 aromatic rings. The lowest BCUT2D eigenvalue weighted by atomic mass is 9.73. The van der Waals surface area contributed by atoms with Gasteiger partial charge in [0, 0.05) is 18.3 Å². The van der Waals surface area contributed by atoms with Gasteiger partial charge in [-0.25, -0.2) is 8.42 Å². The van der Waals surface area contributed by atoms with Crippen molar-refractivity contribution in [2.45, 2.75) is 63.4 Å². The molecule has 0 heterocycles. The van der Waals surface area contributed by atoms with E-state index in [4.69, 9.17) is 0 Å². The lowest BCUT2D eigenvalue weighted by Gasteiger charge is -2.41. The Bertz CT molecular complexity index is 575. The Morgan fingerprint density at radius 1 is 1.19 bits per heavy atom. The minimum Gasteiger partial charge on any atom is -0.307 e. The third-order valence-electron chi connectivity index (χ3n) is 4.77. The van der Waals surface area contributed by atoms with Crippen LogP contribution in [0.1, 0.15) is 58.1 Å². The van der Waals surface area contributed by atoms with Crippen LogP contribution in [-0.4, -0.2) is 20.7 Å². The van der Waals surface area contributed by atoms with Crippen molar-refractivity contribution < 1.29 is 8.42 Å². The molecule has 0 aromatic heterocycles. The van der Waals surface area contributed by atoms with Crippen LogP contribution in [0.25, 0.3) is 0 Å². The van der Waals surface area contributed by atoms with E-state index >= 15 is 0 Å². The third kappa shape index (κ3) is 4.07. The Balaban J connectivity index is 2.08. The highest BCUT2D eigenvalue weighted by atomic mass is 32.2. The Morgan fingerprint density at radius 2 is 1.81 bits per heavy atom. The van der Waals surface area contributed by atoms with Gasteiger partial charge in [0.15, 0.2) is 9.84 Å². The Labute approximate surface area is 129 Å². The lowest BCUT2D eigenvalue weighted by Crippen LogP contribution is -2.45. The maximum absolute atomic E-state index is 11.5. The average Bonchev–Trinajstić information content (AvgIpc) is 2.40. The Hall–Kier alpha value is -0.870. The number of benzene rings is 1. The van der Waals surface area contributed by atoms with Crippen LogP contribution >= 0.6 is 0 Å². The topological polar surface area (TPSA) is 46.2 Å². The summed E-state index contributed by atoms with van der Waals surface area (Å²) in [5.41, 5.74) is 1.47. The summed E-state index contributed by atoms with van der Waals surface area (Å²) in [6, 6.07) is 8.01. The van der Waals surface area contributed by atoms with Crippen LogP contribution in [0, 0.1) is 5.41 Å². The minimum atomic E-state index is -3.11. The fourth-order valence-electron chi connectivity index (χ4n) is 3.20. The molecule has 1 saturated carbocycles. The van der Waals surface area contributed by atoms with Crippen molar-refractivity contribution in [3.63, 3.8) is 0 Å². The van der Waals surface area contributed by atoms with Gasteiger partial charge in [-0.2, -0.15) is 0 Å². The highest BCUT2D eigenvalue weighted by Crippen LogP contribution is 2.36. The molecule has 21 heavy (non-hydrogen) atoms. The van der Waals surface area contributed by atoms with Crippen LogP contribution in [0.15, 0.2) is 29.2 Å². The highest BCUT2D eigenvalue weighted by Gasteiger charge is 2.32. The summed E-state index contributed by atoms with van der Waals surface area (Å²) >= 11 is 0. The molecule has 1 N–H and O–H groups in total. The molecule has 1 aliphatic rings. The first-order valence-electron chi connectivity index (χ1n) is 7.76. The van der Waals surface area contributed by atoms with Gasteiger partial charge in [0.2, 0.25) is 0 Å². The zero-order valence-electron chi connectivity index (χ0n) is 13.5. The maximum atomic E-state index is 11.5. The molecule has 2 rings (SSSR count). The SMILES string of the molecule is CC(NC1CCCCC1(C)C)c1ccc(S(C)(=O)=O)cc1. The quantitative estimate of drug-likeness (QED) is 0.922. The normalized spacial score (nSPS) is 23.7. The second kappa shape index (κ2) is 6.09. The van der Waals surface area contributed by atoms with Crippen molar-refractivity contribution in [1.29, 1.82) is 0 Å². The number of sulfone groups is 1. The van der Waals surface area contributed by atoms with Crippen molar-refractivity contribution in [3.8, 4) is 0 Å². The fraction of sp³-hybridized carbons (Fsp3) is 0.647. The van der Waals surface area contributed by atoms with E-state index in [-0.39, 0.29) is 6.04 Å². The van der Waals surface area contributed by atoms with E-state index in [0.717, 1.165) is 5.56 Å². The summed E-state index contributed by atoms with van der Waals surface area (Å²) in [6.07, 6.45) is 6.35. The second-order valence-corrected chi connectivity index (χ2v) is 9.03. The molecule has 0 aliphatic heterocycles.